The molecule has 0 saturated carbocycles. The van der Waals surface area contributed by atoms with Crippen molar-refractivity contribution in [3.8, 4) is 0 Å². The van der Waals surface area contributed by atoms with E-state index < -0.39 is 0 Å². The number of nitrogens with one attached hydrogen (secondary N) is 2. The fourth-order valence-corrected chi connectivity index (χ4v) is 1.69. The van der Waals surface area contributed by atoms with E-state index in [4.69, 9.17) is 5.73 Å². The lowest BCUT2D eigenvalue weighted by atomic mass is 10.1. The summed E-state index contributed by atoms with van der Waals surface area (Å²) in [5.74, 6) is 0.608. The second-order valence-electron chi connectivity index (χ2n) is 4.09. The molecule has 0 aliphatic carbocycles. The number of aromatic nitrogens is 2. The molecule has 94 valence electrons. The molecule has 2 aromatic rings. The molecule has 0 aliphatic heterocycles. The van der Waals surface area contributed by atoms with Gasteiger partial charge in [-0.2, -0.15) is 5.10 Å². The summed E-state index contributed by atoms with van der Waals surface area (Å²) < 4.78 is 0. The summed E-state index contributed by atoms with van der Waals surface area (Å²) in [5, 5.41) is 9.51. The molecule has 5 heteroatoms. The molecule has 1 aromatic carbocycles. The molecule has 4 N–H and O–H groups in total. The molecule has 0 fully saturated rings. The van der Waals surface area contributed by atoms with Gasteiger partial charge in [-0.3, -0.25) is 9.89 Å². The topological polar surface area (TPSA) is 83.8 Å². The van der Waals surface area contributed by atoms with Crippen LogP contribution >= 0.6 is 0 Å². The largest absolute Gasteiger partial charge is 0.399 e. The highest BCUT2D eigenvalue weighted by Crippen LogP contribution is 2.12. The first-order chi connectivity index (χ1) is 8.69. The van der Waals surface area contributed by atoms with Gasteiger partial charge in [0.25, 0.3) is 0 Å². The number of rotatable bonds is 4. The molecule has 0 aliphatic rings. The smallest absolute Gasteiger partial charge is 0.229 e. The lowest BCUT2D eigenvalue weighted by Gasteiger charge is -2.05. The highest BCUT2D eigenvalue weighted by molar-refractivity contribution is 5.92. The van der Waals surface area contributed by atoms with Crippen LogP contribution in [-0.4, -0.2) is 16.1 Å². The minimum absolute atomic E-state index is 0.0706. The number of nitrogens with two attached hydrogens (primary N) is 1. The normalized spacial score (nSPS) is 10.3. The number of nitrogens with zero attached hydrogens (tertiary/aromatic N) is 1. The average molecular weight is 244 g/mol. The monoisotopic (exact) mass is 244 g/mol. The molecule has 1 amide bonds. The fourth-order valence-electron chi connectivity index (χ4n) is 1.69. The number of benzene rings is 1. The minimum Gasteiger partial charge on any atom is -0.399 e. The first-order valence-corrected chi connectivity index (χ1v) is 5.85. The molecule has 0 radical (unpaired) electrons. The van der Waals surface area contributed by atoms with E-state index in [9.17, 15) is 4.79 Å². The maximum absolute atomic E-state index is 11.8. The van der Waals surface area contributed by atoms with Crippen LogP contribution in [0.3, 0.4) is 0 Å². The van der Waals surface area contributed by atoms with E-state index in [1.165, 1.54) is 0 Å². The van der Waals surface area contributed by atoms with Crippen molar-refractivity contribution < 1.29 is 4.79 Å². The van der Waals surface area contributed by atoms with Crippen molar-refractivity contribution in [1.29, 1.82) is 0 Å². The van der Waals surface area contributed by atoms with E-state index in [1.807, 2.05) is 19.1 Å². The standard InChI is InChI=1S/C13H16N4O/c1-2-10-8-15-17-13(10)16-12(18)7-9-3-5-11(14)6-4-9/h3-6,8H,2,7,14H2,1H3,(H2,15,16,17,18). The van der Waals surface area contributed by atoms with Crippen LogP contribution in [0, 0.1) is 0 Å². The summed E-state index contributed by atoms with van der Waals surface area (Å²) in [7, 11) is 0. The third kappa shape index (κ3) is 2.88. The molecule has 0 saturated heterocycles. The number of amides is 1. The molecule has 0 unspecified atom stereocenters. The molecule has 5 nitrogen and oxygen atoms in total. The number of hydrogen-bond acceptors (Lipinski definition) is 3. The van der Waals surface area contributed by atoms with Gasteiger partial charge >= 0.3 is 0 Å². The molecule has 18 heavy (non-hydrogen) atoms. The summed E-state index contributed by atoms with van der Waals surface area (Å²) in [4.78, 5) is 11.8. The van der Waals surface area contributed by atoms with Gasteiger partial charge in [-0.1, -0.05) is 19.1 Å². The van der Waals surface area contributed by atoms with Crippen LogP contribution in [-0.2, 0) is 17.6 Å². The molecular weight excluding hydrogens is 228 g/mol. The van der Waals surface area contributed by atoms with Crippen molar-refractivity contribution in [3.05, 3.63) is 41.6 Å². The van der Waals surface area contributed by atoms with Crippen molar-refractivity contribution in [2.45, 2.75) is 19.8 Å². The number of aryl methyl sites for hydroxylation is 1. The zero-order chi connectivity index (χ0) is 13.0. The Hall–Kier alpha value is -2.30. The Kier molecular flexibility index (Phi) is 3.62. The number of nitrogen functional groups attached to an aromatic ring is 1. The number of H-pyrrole nitrogens is 1. The quantitative estimate of drug-likeness (QED) is 0.716. The summed E-state index contributed by atoms with van der Waals surface area (Å²) in [6, 6.07) is 7.28. The SMILES string of the molecule is CCc1cn[nH]c1NC(=O)Cc1ccc(N)cc1. The van der Waals surface area contributed by atoms with E-state index in [-0.39, 0.29) is 5.91 Å². The van der Waals surface area contributed by atoms with Crippen LogP contribution in [0.25, 0.3) is 0 Å². The summed E-state index contributed by atoms with van der Waals surface area (Å²) in [5.41, 5.74) is 8.22. The molecule has 0 spiro atoms. The third-order valence-corrected chi connectivity index (χ3v) is 2.71. The van der Waals surface area contributed by atoms with Crippen molar-refractivity contribution >= 4 is 17.4 Å². The molecule has 0 bridgehead atoms. The highest BCUT2D eigenvalue weighted by atomic mass is 16.1. The van der Waals surface area contributed by atoms with Gasteiger partial charge in [-0.15, -0.1) is 0 Å². The van der Waals surface area contributed by atoms with Crippen LogP contribution < -0.4 is 11.1 Å². The lowest BCUT2D eigenvalue weighted by molar-refractivity contribution is -0.115. The van der Waals surface area contributed by atoms with Gasteiger partial charge in [0, 0.05) is 11.3 Å². The Morgan fingerprint density at radius 2 is 2.11 bits per heavy atom. The molecule has 1 aromatic heterocycles. The maximum Gasteiger partial charge on any atom is 0.229 e. The fraction of sp³-hybridized carbons (Fsp3) is 0.231. The Labute approximate surface area is 105 Å². The summed E-state index contributed by atoms with van der Waals surface area (Å²) in [6.45, 7) is 2.01. The Bertz CT molecular complexity index is 530. The van der Waals surface area contributed by atoms with Gasteiger partial charge < -0.3 is 11.1 Å². The van der Waals surface area contributed by atoms with Crippen molar-refractivity contribution in [1.82, 2.24) is 10.2 Å². The number of hydrogen-bond donors (Lipinski definition) is 3. The summed E-state index contributed by atoms with van der Waals surface area (Å²) >= 11 is 0. The first-order valence-electron chi connectivity index (χ1n) is 5.85. The Morgan fingerprint density at radius 3 is 2.78 bits per heavy atom. The van der Waals surface area contributed by atoms with Crippen molar-refractivity contribution in [2.24, 2.45) is 0 Å². The predicted molar refractivity (Wildman–Crippen MR) is 71.2 cm³/mol. The maximum atomic E-state index is 11.8. The van der Waals surface area contributed by atoms with Gasteiger partial charge in [-0.25, -0.2) is 0 Å². The molecule has 0 atom stereocenters. The van der Waals surface area contributed by atoms with Gasteiger partial charge in [0.15, 0.2) is 0 Å². The second kappa shape index (κ2) is 5.35. The number of anilines is 2. The zero-order valence-corrected chi connectivity index (χ0v) is 10.2. The number of carbonyl (C=O) groups excluding carboxylic acids is 1. The van der Waals surface area contributed by atoms with E-state index in [0.29, 0.717) is 17.9 Å². The van der Waals surface area contributed by atoms with E-state index in [0.717, 1.165) is 17.5 Å². The van der Waals surface area contributed by atoms with Gasteiger partial charge in [-0.05, 0) is 24.1 Å². The highest BCUT2D eigenvalue weighted by Gasteiger charge is 2.08. The van der Waals surface area contributed by atoms with E-state index in [2.05, 4.69) is 15.5 Å². The summed E-state index contributed by atoms with van der Waals surface area (Å²) in [6.07, 6.45) is 2.87. The minimum atomic E-state index is -0.0706. The Balaban J connectivity index is 1.99. The van der Waals surface area contributed by atoms with Gasteiger partial charge in [0.05, 0.1) is 12.6 Å². The predicted octanol–water partition coefficient (Wildman–Crippen LogP) is 1.74. The second-order valence-corrected chi connectivity index (χ2v) is 4.09. The van der Waals surface area contributed by atoms with Crippen LogP contribution in [0.5, 0.6) is 0 Å². The number of aromatic amines is 1. The van der Waals surface area contributed by atoms with Crippen LogP contribution in [0.1, 0.15) is 18.1 Å². The first kappa shape index (κ1) is 12.2. The molecular formula is C13H16N4O. The molecule has 1 heterocycles. The van der Waals surface area contributed by atoms with Crippen molar-refractivity contribution in [2.75, 3.05) is 11.1 Å². The third-order valence-electron chi connectivity index (χ3n) is 2.71. The van der Waals surface area contributed by atoms with E-state index >= 15 is 0 Å². The number of carbonyl (C=O) groups is 1. The van der Waals surface area contributed by atoms with Gasteiger partial charge in [0.1, 0.15) is 5.82 Å². The average Bonchev–Trinajstić information content (AvgIpc) is 2.79. The molecule has 2 rings (SSSR count). The van der Waals surface area contributed by atoms with Crippen LogP contribution in [0.15, 0.2) is 30.5 Å². The van der Waals surface area contributed by atoms with Crippen LogP contribution in [0.2, 0.25) is 0 Å². The van der Waals surface area contributed by atoms with Crippen molar-refractivity contribution in [3.63, 3.8) is 0 Å². The van der Waals surface area contributed by atoms with Crippen LogP contribution in [0.4, 0.5) is 11.5 Å². The van der Waals surface area contributed by atoms with E-state index in [1.54, 1.807) is 18.3 Å². The van der Waals surface area contributed by atoms with Gasteiger partial charge in [0.2, 0.25) is 5.91 Å². The lowest BCUT2D eigenvalue weighted by Crippen LogP contribution is -2.15. The zero-order valence-electron chi connectivity index (χ0n) is 10.2. The Morgan fingerprint density at radius 1 is 1.39 bits per heavy atom.